The SMILES string of the molecule is Cc1ccc(SC2(CC(=O)O)CN(C(=O)OC(C)(C)C)C2)cc1. The molecule has 0 aromatic heterocycles. The lowest BCUT2D eigenvalue weighted by Crippen LogP contribution is -2.62. The number of nitrogens with zero attached hydrogens (tertiary/aromatic N) is 1. The lowest BCUT2D eigenvalue weighted by atomic mass is 9.95. The fraction of sp³-hybridized carbons (Fsp3) is 0.529. The normalized spacial score (nSPS) is 16.6. The molecule has 1 fully saturated rings. The van der Waals surface area contributed by atoms with Gasteiger partial charge in [0.25, 0.3) is 0 Å². The summed E-state index contributed by atoms with van der Waals surface area (Å²) in [5.74, 6) is -0.853. The highest BCUT2D eigenvalue weighted by atomic mass is 32.2. The Morgan fingerprint density at radius 2 is 1.83 bits per heavy atom. The largest absolute Gasteiger partial charge is 0.481 e. The van der Waals surface area contributed by atoms with Crippen molar-refractivity contribution in [1.29, 1.82) is 0 Å². The Morgan fingerprint density at radius 1 is 1.26 bits per heavy atom. The summed E-state index contributed by atoms with van der Waals surface area (Å²) in [6, 6.07) is 7.97. The van der Waals surface area contributed by atoms with Crippen molar-refractivity contribution in [1.82, 2.24) is 4.90 Å². The highest BCUT2D eigenvalue weighted by molar-refractivity contribution is 8.00. The molecule has 0 radical (unpaired) electrons. The molecule has 1 amide bonds. The van der Waals surface area contributed by atoms with Crippen LogP contribution in [0.3, 0.4) is 0 Å². The maximum atomic E-state index is 12.1. The van der Waals surface area contributed by atoms with Gasteiger partial charge in [-0.2, -0.15) is 0 Å². The average molecular weight is 337 g/mol. The van der Waals surface area contributed by atoms with Crippen LogP contribution in [0, 0.1) is 6.92 Å². The third-order valence-electron chi connectivity index (χ3n) is 3.44. The van der Waals surface area contributed by atoms with Gasteiger partial charge in [-0.3, -0.25) is 4.79 Å². The third-order valence-corrected chi connectivity index (χ3v) is 4.78. The summed E-state index contributed by atoms with van der Waals surface area (Å²) in [4.78, 5) is 25.8. The van der Waals surface area contributed by atoms with Crippen LogP contribution in [0.25, 0.3) is 0 Å². The molecule has 0 unspecified atom stereocenters. The Balaban J connectivity index is 2.04. The van der Waals surface area contributed by atoms with Crippen LogP contribution in [0.4, 0.5) is 4.79 Å². The van der Waals surface area contributed by atoms with Gasteiger partial charge in [-0.15, -0.1) is 11.8 Å². The fourth-order valence-corrected chi connectivity index (χ4v) is 3.86. The molecular weight excluding hydrogens is 314 g/mol. The van der Waals surface area contributed by atoms with Crippen LogP contribution in [-0.4, -0.2) is 45.5 Å². The molecule has 1 aliphatic rings. The van der Waals surface area contributed by atoms with E-state index in [-0.39, 0.29) is 12.5 Å². The second-order valence-electron chi connectivity index (χ2n) is 7.01. The summed E-state index contributed by atoms with van der Waals surface area (Å²) in [5, 5.41) is 9.20. The summed E-state index contributed by atoms with van der Waals surface area (Å²) in [7, 11) is 0. The molecule has 126 valence electrons. The van der Waals surface area contributed by atoms with Gasteiger partial charge in [0.2, 0.25) is 0 Å². The molecule has 0 saturated carbocycles. The van der Waals surface area contributed by atoms with E-state index in [9.17, 15) is 14.7 Å². The number of carboxylic acid groups (broad SMARTS) is 1. The summed E-state index contributed by atoms with van der Waals surface area (Å²) in [5.41, 5.74) is 0.609. The van der Waals surface area contributed by atoms with Gasteiger partial charge < -0.3 is 14.7 Å². The number of aliphatic carboxylic acids is 1. The Morgan fingerprint density at radius 3 is 2.30 bits per heavy atom. The Bertz CT molecular complexity index is 586. The zero-order chi connectivity index (χ0) is 17.3. The predicted molar refractivity (Wildman–Crippen MR) is 89.8 cm³/mol. The van der Waals surface area contributed by atoms with Crippen LogP contribution < -0.4 is 0 Å². The molecule has 6 heteroatoms. The number of carbonyl (C=O) groups excluding carboxylic acids is 1. The molecule has 0 atom stereocenters. The molecule has 1 aromatic carbocycles. The molecule has 23 heavy (non-hydrogen) atoms. The Hall–Kier alpha value is -1.69. The van der Waals surface area contributed by atoms with Crippen LogP contribution in [0.15, 0.2) is 29.2 Å². The van der Waals surface area contributed by atoms with E-state index in [1.54, 1.807) is 4.90 Å². The van der Waals surface area contributed by atoms with E-state index in [2.05, 4.69) is 0 Å². The Labute approximate surface area is 141 Å². The van der Waals surface area contributed by atoms with Crippen molar-refractivity contribution in [2.45, 2.75) is 49.4 Å². The molecule has 0 spiro atoms. The Kier molecular flexibility index (Phi) is 4.94. The first-order valence-corrected chi connectivity index (χ1v) is 8.36. The van der Waals surface area contributed by atoms with Gasteiger partial charge in [-0.1, -0.05) is 17.7 Å². The minimum Gasteiger partial charge on any atom is -0.481 e. The minimum absolute atomic E-state index is 0.0187. The van der Waals surface area contributed by atoms with Gasteiger partial charge in [0.1, 0.15) is 5.60 Å². The second kappa shape index (κ2) is 6.43. The zero-order valence-corrected chi connectivity index (χ0v) is 14.8. The van der Waals surface area contributed by atoms with E-state index >= 15 is 0 Å². The van der Waals surface area contributed by atoms with Crippen molar-refractivity contribution in [2.24, 2.45) is 0 Å². The first-order chi connectivity index (χ1) is 10.6. The molecule has 5 nitrogen and oxygen atoms in total. The number of hydrogen-bond donors (Lipinski definition) is 1. The highest BCUT2D eigenvalue weighted by Gasteiger charge is 2.48. The van der Waals surface area contributed by atoms with Crippen LogP contribution in [-0.2, 0) is 9.53 Å². The van der Waals surface area contributed by atoms with E-state index in [4.69, 9.17) is 4.74 Å². The van der Waals surface area contributed by atoms with Crippen molar-refractivity contribution >= 4 is 23.8 Å². The van der Waals surface area contributed by atoms with Gasteiger partial charge in [0.15, 0.2) is 0 Å². The van der Waals surface area contributed by atoms with Crippen LogP contribution in [0.1, 0.15) is 32.8 Å². The second-order valence-corrected chi connectivity index (χ2v) is 8.55. The van der Waals surface area contributed by atoms with E-state index in [0.29, 0.717) is 13.1 Å². The zero-order valence-electron chi connectivity index (χ0n) is 14.0. The van der Waals surface area contributed by atoms with Crippen molar-refractivity contribution in [3.8, 4) is 0 Å². The number of rotatable bonds is 4. The average Bonchev–Trinajstić information content (AvgIpc) is 2.35. The van der Waals surface area contributed by atoms with Crippen LogP contribution in [0.5, 0.6) is 0 Å². The number of amides is 1. The number of likely N-dealkylation sites (tertiary alicyclic amines) is 1. The molecule has 1 saturated heterocycles. The summed E-state index contributed by atoms with van der Waals surface area (Å²) in [6.07, 6.45) is -0.367. The molecule has 1 N–H and O–H groups in total. The van der Waals surface area contributed by atoms with E-state index in [0.717, 1.165) is 10.5 Å². The molecule has 2 rings (SSSR count). The van der Waals surface area contributed by atoms with E-state index < -0.39 is 16.3 Å². The topological polar surface area (TPSA) is 66.8 Å². The maximum Gasteiger partial charge on any atom is 0.410 e. The van der Waals surface area contributed by atoms with Gasteiger partial charge in [0.05, 0.1) is 11.2 Å². The minimum atomic E-state index is -0.853. The molecule has 1 aromatic rings. The van der Waals surface area contributed by atoms with Gasteiger partial charge >= 0.3 is 12.1 Å². The lowest BCUT2D eigenvalue weighted by molar-refractivity contribution is -0.138. The number of thioether (sulfide) groups is 1. The monoisotopic (exact) mass is 337 g/mol. The number of hydrogen-bond acceptors (Lipinski definition) is 4. The molecule has 1 heterocycles. The van der Waals surface area contributed by atoms with Gasteiger partial charge in [-0.25, -0.2) is 4.79 Å². The smallest absolute Gasteiger partial charge is 0.410 e. The number of ether oxygens (including phenoxy) is 1. The summed E-state index contributed by atoms with van der Waals surface area (Å²) < 4.78 is 4.85. The van der Waals surface area contributed by atoms with Crippen molar-refractivity contribution in [3.63, 3.8) is 0 Å². The first kappa shape index (κ1) is 17.7. The summed E-state index contributed by atoms with van der Waals surface area (Å²) in [6.45, 7) is 8.22. The quantitative estimate of drug-likeness (QED) is 0.910. The van der Waals surface area contributed by atoms with Crippen LogP contribution >= 0.6 is 11.8 Å². The number of carbonyl (C=O) groups is 2. The molecular formula is C17H23NO4S. The molecule has 1 aliphatic heterocycles. The maximum absolute atomic E-state index is 12.1. The highest BCUT2D eigenvalue weighted by Crippen LogP contribution is 2.43. The molecule has 0 bridgehead atoms. The fourth-order valence-electron chi connectivity index (χ4n) is 2.45. The summed E-state index contributed by atoms with van der Waals surface area (Å²) >= 11 is 1.52. The van der Waals surface area contributed by atoms with E-state index in [1.807, 2.05) is 52.0 Å². The van der Waals surface area contributed by atoms with Crippen molar-refractivity contribution in [2.75, 3.05) is 13.1 Å². The predicted octanol–water partition coefficient (Wildman–Crippen LogP) is 3.55. The van der Waals surface area contributed by atoms with Gasteiger partial charge in [0, 0.05) is 18.0 Å². The van der Waals surface area contributed by atoms with Crippen LogP contribution in [0.2, 0.25) is 0 Å². The van der Waals surface area contributed by atoms with E-state index in [1.165, 1.54) is 11.8 Å². The number of carboxylic acids is 1. The first-order valence-electron chi connectivity index (χ1n) is 7.54. The van der Waals surface area contributed by atoms with Crippen molar-refractivity contribution in [3.05, 3.63) is 29.8 Å². The third kappa shape index (κ3) is 4.89. The number of aryl methyl sites for hydroxylation is 1. The standard InChI is InChI=1S/C17H23NO4S/c1-12-5-7-13(8-6-12)23-17(9-14(19)20)10-18(11-17)15(21)22-16(2,3)4/h5-8H,9-11H2,1-4H3,(H,19,20). The lowest BCUT2D eigenvalue weighted by Gasteiger charge is -2.48. The number of benzene rings is 1. The van der Waals surface area contributed by atoms with Crippen molar-refractivity contribution < 1.29 is 19.4 Å². The van der Waals surface area contributed by atoms with Gasteiger partial charge in [-0.05, 0) is 39.8 Å². The molecule has 0 aliphatic carbocycles.